The van der Waals surface area contributed by atoms with Gasteiger partial charge in [0.2, 0.25) is 6.16 Å². The molecule has 500 valence electrons. The van der Waals surface area contributed by atoms with Crippen molar-refractivity contribution in [2.45, 2.75) is 228 Å². The van der Waals surface area contributed by atoms with E-state index in [0.29, 0.717) is 0 Å². The first kappa shape index (κ1) is 69.9. The molecule has 21 aliphatic heterocycles. The summed E-state index contributed by atoms with van der Waals surface area (Å²) < 4.78 is 83.0. The maximum atomic E-state index is 11.8. The molecular formula is C49H77NO37. The number of aromatic nitrogens is 1. The van der Waals surface area contributed by atoms with Crippen molar-refractivity contribution in [1.29, 1.82) is 0 Å². The summed E-state index contributed by atoms with van der Waals surface area (Å²) in [6, 6.07) is 3.41. The van der Waals surface area contributed by atoms with E-state index < -0.39 is 261 Å². The standard InChI is InChI=1S/C48H76NO34.CH2O3/c1-13-2-4-49(5-3-13)6-14-35-21(56)28(63)42(70-14)78-36-15(7-50)72-44(30(65)23(36)58)80-38-17(9-52)74-46(32(67)25(38)60)82-40-19(11-54)76-48(34(69)27(40)62)83-41-20(12-55)75-47(33(68)26(41)61)81-39-18(10-53)73-45(31(66)24(39)59)79-37-16(8-51)71-43(77-35)29(64)22(37)57;2-1(3)4/h2-5,14-48,50-69H,6-12H2,1H3;(H2,2,3,4)/q+1;/p-1/t14-,15-,16-,17-,18-,19-,20-,21-,22-,23-,24-,25-,26-,27-,28-,29-,30+,31-,32+,33-,34-,35-,36-,37-,38-,39-,40-,41-,42-,43-,44-,45-,46-,47-,48-;/m1./s1. The van der Waals surface area contributed by atoms with E-state index in [2.05, 4.69) is 0 Å². The number of hydrogen-bond acceptors (Lipinski definition) is 36. The molecule has 21 saturated heterocycles. The Kier molecular flexibility index (Phi) is 24.3. The van der Waals surface area contributed by atoms with Crippen molar-refractivity contribution in [2.75, 3.05) is 39.6 Å². The first-order chi connectivity index (χ1) is 41.3. The van der Waals surface area contributed by atoms with Gasteiger partial charge in [-0.25, -0.2) is 4.57 Å². The van der Waals surface area contributed by atoms with Crippen LogP contribution in [-0.4, -0.2) is 368 Å². The zero-order chi connectivity index (χ0) is 63.6. The monoisotopic (exact) mass is 1270 g/mol. The predicted molar refractivity (Wildman–Crippen MR) is 261 cm³/mol. The lowest BCUT2D eigenvalue weighted by atomic mass is 9.95. The van der Waals surface area contributed by atoms with Gasteiger partial charge in [0.1, 0.15) is 171 Å². The lowest BCUT2D eigenvalue weighted by Gasteiger charge is -2.50. The van der Waals surface area contributed by atoms with E-state index in [9.17, 15) is 102 Å². The van der Waals surface area contributed by atoms with Crippen LogP contribution in [0, 0.1) is 6.92 Å². The van der Waals surface area contributed by atoms with Crippen LogP contribution in [0.3, 0.4) is 0 Å². The third-order valence-electron chi connectivity index (χ3n) is 16.1. The van der Waals surface area contributed by atoms with Crippen molar-refractivity contribution in [2.24, 2.45) is 0 Å². The second kappa shape index (κ2) is 30.2. The Balaban J connectivity index is 0.00000238. The van der Waals surface area contributed by atoms with Crippen LogP contribution in [0.25, 0.3) is 0 Å². The van der Waals surface area contributed by atoms with Crippen LogP contribution >= 0.6 is 0 Å². The zero-order valence-corrected chi connectivity index (χ0v) is 45.8. The number of pyridine rings is 1. The molecule has 0 aromatic carbocycles. The fourth-order valence-electron chi connectivity index (χ4n) is 11.3. The Morgan fingerprint density at radius 1 is 0.333 bits per heavy atom. The minimum atomic E-state index is -2.20. The smallest absolute Gasteiger partial charge is 0.249 e. The number of aryl methyl sites for hydroxylation is 1. The summed E-state index contributed by atoms with van der Waals surface area (Å²) in [7, 11) is 0. The highest BCUT2D eigenvalue weighted by Crippen LogP contribution is 2.39. The van der Waals surface area contributed by atoms with Gasteiger partial charge in [-0.1, -0.05) is 0 Å². The Labute approximate surface area is 491 Å². The first-order valence-corrected chi connectivity index (χ1v) is 27.5. The van der Waals surface area contributed by atoms with Crippen LogP contribution in [0.4, 0.5) is 4.79 Å². The largest absolute Gasteiger partial charge is 0.565 e. The summed E-state index contributed by atoms with van der Waals surface area (Å²) in [5, 5.41) is 239. The van der Waals surface area contributed by atoms with Crippen molar-refractivity contribution in [3.05, 3.63) is 30.1 Å². The van der Waals surface area contributed by atoms with Crippen molar-refractivity contribution in [3.63, 3.8) is 0 Å². The van der Waals surface area contributed by atoms with Gasteiger partial charge in [-0.15, -0.1) is 0 Å². The minimum Gasteiger partial charge on any atom is -0.565 e. The number of hydrogen-bond donors (Lipinski definition) is 21. The van der Waals surface area contributed by atoms with E-state index in [4.69, 9.17) is 81.3 Å². The molecular weight excluding hydrogens is 1190 g/mol. The van der Waals surface area contributed by atoms with Gasteiger partial charge in [-0.05, 0) is 12.5 Å². The maximum absolute atomic E-state index is 11.8. The lowest BCUT2D eigenvalue weighted by molar-refractivity contribution is -0.707. The summed E-state index contributed by atoms with van der Waals surface area (Å²) >= 11 is 0. The highest BCUT2D eigenvalue weighted by atomic mass is 16.8. The molecule has 0 aliphatic carbocycles. The fourth-order valence-corrected chi connectivity index (χ4v) is 11.3. The molecule has 14 bridgehead atoms. The number of aliphatic hydroxyl groups excluding tert-OH is 20. The number of aliphatic hydroxyl groups is 20. The Bertz CT molecular complexity index is 2270. The van der Waals surface area contributed by atoms with Crippen molar-refractivity contribution < 1.29 is 188 Å². The molecule has 38 heteroatoms. The van der Waals surface area contributed by atoms with Gasteiger partial charge in [-0.3, -0.25) is 0 Å². The van der Waals surface area contributed by atoms with Gasteiger partial charge in [0, 0.05) is 12.1 Å². The summed E-state index contributed by atoms with van der Waals surface area (Å²) in [6.45, 7) is -4.64. The van der Waals surface area contributed by atoms with Crippen LogP contribution in [0.15, 0.2) is 24.5 Å². The molecule has 87 heavy (non-hydrogen) atoms. The SMILES string of the molecule is Cc1cc[n+](C[C@H]2O[C@@H]3O[C@H]4[C@H](O)[C@H](O)[C@@H](O[C@H]5[C@H](O)[C@H](O)[C@@H](O[C@H]6[C@H](O)[C@@H](O)[C@@H](O[C@H]7[C@H](O)[C@@H](O)[C@@H](O[C@H]8[C@H](O)[C@@H](O)[C@@H](O[C@H]9[C@H](O)[C@@H](O)[C@@H](O[C@H]2[C@H](O)[C@H]3O)O[C@@H]9CO)O[C@@H]8CO)O[C@@H]7CO)O[C@@H]6CO)O[C@@H]5CO)O[C@@H]4CO)cc1.O=C([O-])O. The molecule has 21 N–H and O–H groups in total. The van der Waals surface area contributed by atoms with Crippen molar-refractivity contribution in [3.8, 4) is 0 Å². The lowest BCUT2D eigenvalue weighted by Crippen LogP contribution is -2.68. The first-order valence-electron chi connectivity index (χ1n) is 27.5. The second-order valence-electron chi connectivity index (χ2n) is 21.8. The van der Waals surface area contributed by atoms with Gasteiger partial charge < -0.3 is 183 Å². The molecule has 22 rings (SSSR count). The summed E-state index contributed by atoms with van der Waals surface area (Å²) in [5.41, 5.74) is 0.826. The molecule has 1 aromatic rings. The van der Waals surface area contributed by atoms with E-state index in [0.717, 1.165) is 5.56 Å². The number of carboxylic acid groups (broad SMARTS) is 2. The zero-order valence-electron chi connectivity index (χ0n) is 45.8. The summed E-state index contributed by atoms with van der Waals surface area (Å²) in [5.74, 6) is 0. The van der Waals surface area contributed by atoms with Crippen molar-refractivity contribution >= 4 is 6.16 Å². The number of rotatable bonds is 8. The molecule has 0 amide bonds. The average Bonchev–Trinajstić information content (AvgIpc) is 1.24. The van der Waals surface area contributed by atoms with Gasteiger partial charge in [-0.2, -0.15) is 0 Å². The molecule has 22 heterocycles. The maximum Gasteiger partial charge on any atom is 0.249 e. The number of nitrogens with zero attached hydrogens (tertiary/aromatic N) is 1. The average molecular weight is 1270 g/mol. The fraction of sp³-hybridized carbons (Fsp3) is 0.878. The van der Waals surface area contributed by atoms with Gasteiger partial charge >= 0.3 is 0 Å². The molecule has 1 aromatic heterocycles. The Morgan fingerprint density at radius 3 is 0.667 bits per heavy atom. The van der Waals surface area contributed by atoms with E-state index in [1.165, 1.54) is 0 Å². The van der Waals surface area contributed by atoms with Gasteiger partial charge in [0.15, 0.2) is 63.0 Å². The molecule has 0 saturated carbocycles. The van der Waals surface area contributed by atoms with E-state index >= 15 is 0 Å². The van der Waals surface area contributed by atoms with Gasteiger partial charge in [0.05, 0.1) is 39.6 Å². The van der Waals surface area contributed by atoms with Crippen LogP contribution < -0.4 is 9.67 Å². The summed E-state index contributed by atoms with van der Waals surface area (Å²) in [4.78, 5) is 8.44. The molecule has 21 aliphatic rings. The van der Waals surface area contributed by atoms with Crippen molar-refractivity contribution in [1.82, 2.24) is 0 Å². The van der Waals surface area contributed by atoms with Crippen LogP contribution in [0.1, 0.15) is 5.56 Å². The van der Waals surface area contributed by atoms with Gasteiger partial charge in [0.25, 0.3) is 0 Å². The van der Waals surface area contributed by atoms with E-state index in [-0.39, 0.29) is 6.54 Å². The van der Waals surface area contributed by atoms with E-state index in [1.807, 2.05) is 0 Å². The Morgan fingerprint density at radius 2 is 0.494 bits per heavy atom. The Hall–Kier alpha value is -2.94. The molecule has 0 radical (unpaired) electrons. The van der Waals surface area contributed by atoms with E-state index in [1.54, 1.807) is 36.0 Å². The molecule has 0 spiro atoms. The highest BCUT2D eigenvalue weighted by Gasteiger charge is 2.60. The predicted octanol–water partition coefficient (Wildman–Crippen LogP) is -15.0. The van der Waals surface area contributed by atoms with Crippen LogP contribution in [0.5, 0.6) is 0 Å². The van der Waals surface area contributed by atoms with Crippen LogP contribution in [-0.2, 0) is 72.9 Å². The number of carbonyl (C=O) groups is 1. The topological polar surface area (TPSA) is 598 Å². The normalized spacial score (nSPS) is 50.1. The van der Waals surface area contributed by atoms with Crippen LogP contribution in [0.2, 0.25) is 0 Å². The third kappa shape index (κ3) is 15.0. The highest BCUT2D eigenvalue weighted by molar-refractivity contribution is 5.50. The number of ether oxygens (including phenoxy) is 14. The molecule has 35 atom stereocenters. The quantitative estimate of drug-likeness (QED) is 0.107. The molecule has 0 unspecified atom stereocenters. The third-order valence-corrected chi connectivity index (χ3v) is 16.1. The molecule has 21 fully saturated rings. The summed E-state index contributed by atoms with van der Waals surface area (Å²) in [6.07, 6.45) is -68.1. The molecule has 38 nitrogen and oxygen atoms in total. The second-order valence-corrected chi connectivity index (χ2v) is 21.8. The minimum absolute atomic E-state index is 0.241.